The van der Waals surface area contributed by atoms with Crippen LogP contribution in [0.2, 0.25) is 0 Å². The van der Waals surface area contributed by atoms with Gasteiger partial charge in [-0.2, -0.15) is 0 Å². The molecule has 2 aromatic heterocycles. The Kier molecular flexibility index (Phi) is 6.23. The van der Waals surface area contributed by atoms with Crippen molar-refractivity contribution in [1.82, 2.24) is 10.1 Å². The summed E-state index contributed by atoms with van der Waals surface area (Å²) in [6.45, 7) is 7.43. The minimum atomic E-state index is -0.303. The van der Waals surface area contributed by atoms with Crippen molar-refractivity contribution in [3.8, 4) is 0 Å². The monoisotopic (exact) mass is 437 g/mol. The van der Waals surface area contributed by atoms with E-state index in [1.54, 1.807) is 17.4 Å². The maximum Gasteiger partial charge on any atom is 0.294 e. The smallest absolute Gasteiger partial charge is 0.294 e. The molecule has 4 rings (SSSR count). The Hall–Kier alpha value is -2.93. The number of aryl methyl sites for hydroxylation is 3. The van der Waals surface area contributed by atoms with Gasteiger partial charge in [-0.1, -0.05) is 29.8 Å². The van der Waals surface area contributed by atoms with Gasteiger partial charge in [-0.05, 0) is 50.8 Å². The molecule has 0 bridgehead atoms. The third-order valence-electron chi connectivity index (χ3n) is 5.83. The maximum atomic E-state index is 12.7. The van der Waals surface area contributed by atoms with Crippen LogP contribution in [0.3, 0.4) is 0 Å². The SMILES string of the molecule is CCc1cc(C(=O)N2CCC(c3cc(C(=O)Nc4ccc(C)cc4C)on3)CC2)cs1. The molecule has 0 atom stereocenters. The zero-order valence-corrected chi connectivity index (χ0v) is 18.9. The van der Waals surface area contributed by atoms with Gasteiger partial charge in [-0.25, -0.2) is 0 Å². The van der Waals surface area contributed by atoms with Gasteiger partial charge in [0.05, 0.1) is 11.3 Å². The number of anilines is 1. The Morgan fingerprint density at radius 3 is 2.65 bits per heavy atom. The summed E-state index contributed by atoms with van der Waals surface area (Å²) in [6.07, 6.45) is 2.56. The molecular weight excluding hydrogens is 410 g/mol. The number of carbonyl (C=O) groups excluding carboxylic acids is 2. The topological polar surface area (TPSA) is 75.4 Å². The molecule has 3 aromatic rings. The van der Waals surface area contributed by atoms with E-state index in [9.17, 15) is 9.59 Å². The minimum absolute atomic E-state index is 0.100. The molecule has 0 saturated carbocycles. The van der Waals surface area contributed by atoms with Gasteiger partial charge in [0.25, 0.3) is 11.8 Å². The van der Waals surface area contributed by atoms with E-state index in [1.165, 1.54) is 4.88 Å². The van der Waals surface area contributed by atoms with Crippen LogP contribution in [0.25, 0.3) is 0 Å². The summed E-state index contributed by atoms with van der Waals surface area (Å²) in [5.74, 6) is 0.188. The molecule has 1 aliphatic heterocycles. The van der Waals surface area contributed by atoms with Crippen LogP contribution in [-0.2, 0) is 6.42 Å². The Morgan fingerprint density at radius 2 is 1.97 bits per heavy atom. The average molecular weight is 438 g/mol. The zero-order valence-electron chi connectivity index (χ0n) is 18.1. The first-order valence-corrected chi connectivity index (χ1v) is 11.5. The highest BCUT2D eigenvalue weighted by molar-refractivity contribution is 7.10. The van der Waals surface area contributed by atoms with Gasteiger partial charge in [0.2, 0.25) is 5.76 Å². The van der Waals surface area contributed by atoms with Gasteiger partial charge in [0.1, 0.15) is 0 Å². The number of amides is 2. The highest BCUT2D eigenvalue weighted by Crippen LogP contribution is 2.29. The number of aromatic nitrogens is 1. The summed E-state index contributed by atoms with van der Waals surface area (Å²) in [6, 6.07) is 9.60. The van der Waals surface area contributed by atoms with Crippen molar-refractivity contribution >= 4 is 28.8 Å². The fourth-order valence-electron chi connectivity index (χ4n) is 3.97. The fraction of sp³-hybridized carbons (Fsp3) is 0.375. The molecule has 2 amide bonds. The summed E-state index contributed by atoms with van der Waals surface area (Å²) >= 11 is 1.64. The molecule has 1 fully saturated rings. The number of carbonyl (C=O) groups is 2. The molecule has 3 heterocycles. The highest BCUT2D eigenvalue weighted by atomic mass is 32.1. The first-order valence-electron chi connectivity index (χ1n) is 10.7. The molecule has 0 aliphatic carbocycles. The van der Waals surface area contributed by atoms with E-state index < -0.39 is 0 Å². The Labute approximate surface area is 186 Å². The average Bonchev–Trinajstić information content (AvgIpc) is 3.45. The molecule has 162 valence electrons. The summed E-state index contributed by atoms with van der Waals surface area (Å²) in [5, 5.41) is 8.99. The van der Waals surface area contributed by atoms with Crippen molar-refractivity contribution in [3.63, 3.8) is 0 Å². The lowest BCUT2D eigenvalue weighted by atomic mass is 9.93. The number of benzene rings is 1. The lowest BCUT2D eigenvalue weighted by Gasteiger charge is -2.30. The second-order valence-corrected chi connectivity index (χ2v) is 9.11. The first kappa shape index (κ1) is 21.3. The van der Waals surface area contributed by atoms with Crippen LogP contribution in [0.1, 0.15) is 68.3 Å². The number of piperidine rings is 1. The van der Waals surface area contributed by atoms with Gasteiger partial charge in [-0.3, -0.25) is 9.59 Å². The third kappa shape index (κ3) is 4.71. The predicted octanol–water partition coefficient (Wildman–Crippen LogP) is 5.19. The molecule has 1 aliphatic rings. The van der Waals surface area contributed by atoms with Crippen molar-refractivity contribution in [3.05, 3.63) is 68.7 Å². The van der Waals surface area contributed by atoms with Gasteiger partial charge in [0.15, 0.2) is 0 Å². The number of nitrogens with one attached hydrogen (secondary N) is 1. The lowest BCUT2D eigenvalue weighted by Crippen LogP contribution is -2.37. The molecule has 6 nitrogen and oxygen atoms in total. The second-order valence-electron chi connectivity index (χ2n) is 8.11. The van der Waals surface area contributed by atoms with Gasteiger partial charge in [0, 0.05) is 41.0 Å². The number of thiophene rings is 1. The minimum Gasteiger partial charge on any atom is -0.351 e. The van der Waals surface area contributed by atoms with Crippen LogP contribution >= 0.6 is 11.3 Å². The normalized spacial score (nSPS) is 14.6. The molecule has 0 radical (unpaired) electrons. The van der Waals surface area contributed by atoms with Crippen LogP contribution < -0.4 is 5.32 Å². The van der Waals surface area contributed by atoms with Crippen molar-refractivity contribution in [1.29, 1.82) is 0 Å². The van der Waals surface area contributed by atoms with Crippen LogP contribution in [0.5, 0.6) is 0 Å². The molecular formula is C24H27N3O3S. The van der Waals surface area contributed by atoms with Crippen LogP contribution in [0, 0.1) is 13.8 Å². The summed E-state index contributed by atoms with van der Waals surface area (Å²) in [4.78, 5) is 28.4. The number of hydrogen-bond donors (Lipinski definition) is 1. The third-order valence-corrected chi connectivity index (χ3v) is 6.91. The van der Waals surface area contributed by atoms with Crippen molar-refractivity contribution in [2.24, 2.45) is 0 Å². The zero-order chi connectivity index (χ0) is 22.0. The molecule has 1 N–H and O–H groups in total. The van der Waals surface area contributed by atoms with E-state index >= 15 is 0 Å². The molecule has 1 aromatic carbocycles. The summed E-state index contributed by atoms with van der Waals surface area (Å²) in [7, 11) is 0. The second kappa shape index (κ2) is 9.06. The van der Waals surface area contributed by atoms with Crippen molar-refractivity contribution in [2.75, 3.05) is 18.4 Å². The first-order chi connectivity index (χ1) is 14.9. The van der Waals surface area contributed by atoms with E-state index in [2.05, 4.69) is 17.4 Å². The standard InChI is InChI=1S/C24H27N3O3S/c1-4-19-12-18(14-31-19)24(29)27-9-7-17(8-10-27)21-13-22(30-26-21)23(28)25-20-6-5-15(2)11-16(20)3/h5-6,11-14,17H,4,7-10H2,1-3H3,(H,25,28). The van der Waals surface area contributed by atoms with Crippen molar-refractivity contribution < 1.29 is 14.1 Å². The van der Waals surface area contributed by atoms with E-state index in [1.807, 2.05) is 48.4 Å². The van der Waals surface area contributed by atoms with E-state index in [0.717, 1.165) is 47.3 Å². The predicted molar refractivity (Wildman–Crippen MR) is 122 cm³/mol. The molecule has 0 unspecified atom stereocenters. The molecule has 1 saturated heterocycles. The van der Waals surface area contributed by atoms with Gasteiger partial charge >= 0.3 is 0 Å². The highest BCUT2D eigenvalue weighted by Gasteiger charge is 2.28. The Bertz CT molecular complexity index is 1090. The van der Waals surface area contributed by atoms with Crippen LogP contribution in [-0.4, -0.2) is 35.0 Å². The maximum absolute atomic E-state index is 12.7. The van der Waals surface area contributed by atoms with Crippen LogP contribution in [0.15, 0.2) is 40.2 Å². The van der Waals surface area contributed by atoms with E-state index in [0.29, 0.717) is 13.1 Å². The molecule has 31 heavy (non-hydrogen) atoms. The summed E-state index contributed by atoms with van der Waals surface area (Å²) < 4.78 is 5.33. The quantitative estimate of drug-likeness (QED) is 0.596. The Morgan fingerprint density at radius 1 is 1.19 bits per heavy atom. The number of likely N-dealkylation sites (tertiary alicyclic amines) is 1. The molecule has 0 spiro atoms. The molecule has 7 heteroatoms. The largest absolute Gasteiger partial charge is 0.351 e. The lowest BCUT2D eigenvalue weighted by molar-refractivity contribution is 0.0711. The fourth-order valence-corrected chi connectivity index (χ4v) is 4.77. The number of nitrogens with zero attached hydrogens (tertiary/aromatic N) is 2. The van der Waals surface area contributed by atoms with Crippen molar-refractivity contribution in [2.45, 2.75) is 46.0 Å². The number of hydrogen-bond acceptors (Lipinski definition) is 5. The van der Waals surface area contributed by atoms with Crippen LogP contribution in [0.4, 0.5) is 5.69 Å². The van der Waals surface area contributed by atoms with E-state index in [-0.39, 0.29) is 23.5 Å². The van der Waals surface area contributed by atoms with Gasteiger partial charge in [-0.15, -0.1) is 11.3 Å². The van der Waals surface area contributed by atoms with Gasteiger partial charge < -0.3 is 14.7 Å². The summed E-state index contributed by atoms with van der Waals surface area (Å²) in [5.41, 5.74) is 4.47. The van der Waals surface area contributed by atoms with E-state index in [4.69, 9.17) is 4.52 Å². The number of rotatable bonds is 5. The Balaban J connectivity index is 1.35.